The minimum Gasteiger partial charge on any atom is -0.366 e. The van der Waals surface area contributed by atoms with Gasteiger partial charge in [0.05, 0.1) is 10.9 Å². The van der Waals surface area contributed by atoms with Gasteiger partial charge in [0, 0.05) is 10.5 Å². The maximum atomic E-state index is 11.4. The summed E-state index contributed by atoms with van der Waals surface area (Å²) in [5.41, 5.74) is 14.9. The lowest BCUT2D eigenvalue weighted by Crippen LogP contribution is -2.26. The van der Waals surface area contributed by atoms with Crippen LogP contribution in [0.3, 0.4) is 0 Å². The first-order valence-corrected chi connectivity index (χ1v) is 5.84. The van der Waals surface area contributed by atoms with Gasteiger partial charge in [-0.1, -0.05) is 24.3 Å². The molecule has 3 nitrogen and oxygen atoms in total. The number of carbonyl (C=O) groups excluding carboxylic acids is 1. The van der Waals surface area contributed by atoms with Gasteiger partial charge in [-0.25, -0.2) is 0 Å². The fourth-order valence-electron chi connectivity index (χ4n) is 2.17. The Kier molecular flexibility index (Phi) is 1.96. The van der Waals surface area contributed by atoms with E-state index in [1.165, 1.54) is 11.8 Å². The Labute approximate surface area is 97.2 Å². The molecule has 3 rings (SSSR count). The van der Waals surface area contributed by atoms with E-state index in [0.717, 1.165) is 21.6 Å². The van der Waals surface area contributed by atoms with Gasteiger partial charge in [-0.15, -0.1) is 11.8 Å². The van der Waals surface area contributed by atoms with Crippen molar-refractivity contribution in [3.63, 3.8) is 0 Å². The lowest BCUT2D eigenvalue weighted by atomic mass is 10.0. The van der Waals surface area contributed by atoms with Crippen LogP contribution in [0.2, 0.25) is 0 Å². The van der Waals surface area contributed by atoms with Crippen LogP contribution in [0.15, 0.2) is 34.7 Å². The molecule has 0 aromatic heterocycles. The van der Waals surface area contributed by atoms with E-state index >= 15 is 0 Å². The van der Waals surface area contributed by atoms with Crippen LogP contribution >= 0.6 is 11.8 Å². The summed E-state index contributed by atoms with van der Waals surface area (Å²) >= 11 is 1.49. The standard InChI is InChI=1S/C12H10N2OS/c13-11(15)10-9-7-4-2-1-3-6(7)5-8(9)16-12(10)14/h1-5,12H,14H2,(H2,13,15). The van der Waals surface area contributed by atoms with E-state index in [4.69, 9.17) is 11.5 Å². The highest BCUT2D eigenvalue weighted by Crippen LogP contribution is 2.50. The van der Waals surface area contributed by atoms with Crippen molar-refractivity contribution in [3.05, 3.63) is 45.9 Å². The van der Waals surface area contributed by atoms with Gasteiger partial charge in [-0.2, -0.15) is 0 Å². The summed E-state index contributed by atoms with van der Waals surface area (Å²) in [6, 6.07) is 7.95. The fourth-order valence-corrected chi connectivity index (χ4v) is 3.33. The van der Waals surface area contributed by atoms with E-state index in [1.54, 1.807) is 0 Å². The van der Waals surface area contributed by atoms with Crippen LogP contribution in [0, 0.1) is 0 Å². The summed E-state index contributed by atoms with van der Waals surface area (Å²) in [6.07, 6.45) is 2.06. The second kappa shape index (κ2) is 3.23. The first-order chi connectivity index (χ1) is 7.68. The maximum absolute atomic E-state index is 11.4. The average Bonchev–Trinajstić information content (AvgIpc) is 2.71. The number of primary amides is 1. The van der Waals surface area contributed by atoms with Gasteiger partial charge in [-0.05, 0) is 17.2 Å². The molecule has 2 aliphatic rings. The minimum atomic E-state index is -0.421. The molecular formula is C12H10N2OS. The first kappa shape index (κ1) is 9.69. The largest absolute Gasteiger partial charge is 0.366 e. The zero-order valence-corrected chi connectivity index (χ0v) is 9.25. The number of hydrogen-bond donors (Lipinski definition) is 2. The van der Waals surface area contributed by atoms with E-state index in [2.05, 4.69) is 6.08 Å². The van der Waals surface area contributed by atoms with Crippen LogP contribution in [-0.2, 0) is 4.79 Å². The highest BCUT2D eigenvalue weighted by atomic mass is 32.2. The smallest absolute Gasteiger partial charge is 0.247 e. The molecule has 0 saturated heterocycles. The zero-order chi connectivity index (χ0) is 11.3. The monoisotopic (exact) mass is 230 g/mol. The Morgan fingerprint density at radius 3 is 2.81 bits per heavy atom. The molecule has 1 amide bonds. The quantitative estimate of drug-likeness (QED) is 0.764. The van der Waals surface area contributed by atoms with Crippen molar-refractivity contribution < 1.29 is 4.79 Å². The van der Waals surface area contributed by atoms with Crippen molar-refractivity contribution in [1.29, 1.82) is 0 Å². The lowest BCUT2D eigenvalue weighted by Gasteiger charge is -2.06. The summed E-state index contributed by atoms with van der Waals surface area (Å²) < 4.78 is 0. The predicted octanol–water partition coefficient (Wildman–Crippen LogP) is 1.31. The van der Waals surface area contributed by atoms with Crippen molar-refractivity contribution in [2.75, 3.05) is 0 Å². The van der Waals surface area contributed by atoms with Crippen molar-refractivity contribution in [2.45, 2.75) is 5.37 Å². The second-order valence-corrected chi connectivity index (χ2v) is 4.97. The number of fused-ring (bicyclic) bond motifs is 3. The molecule has 0 bridgehead atoms. The predicted molar refractivity (Wildman–Crippen MR) is 66.1 cm³/mol. The van der Waals surface area contributed by atoms with Crippen molar-refractivity contribution in [3.8, 4) is 0 Å². The SMILES string of the molecule is NC(=O)C1=C2C(=Cc3ccccc32)SC1N. The molecule has 1 aliphatic heterocycles. The van der Waals surface area contributed by atoms with Crippen LogP contribution in [0.4, 0.5) is 0 Å². The van der Waals surface area contributed by atoms with E-state index < -0.39 is 5.91 Å². The maximum Gasteiger partial charge on any atom is 0.247 e. The molecule has 0 fully saturated rings. The molecule has 0 radical (unpaired) electrons. The Bertz CT molecular complexity index is 560. The van der Waals surface area contributed by atoms with Crippen LogP contribution in [-0.4, -0.2) is 11.3 Å². The molecule has 16 heavy (non-hydrogen) atoms. The molecule has 0 spiro atoms. The fraction of sp³-hybridized carbons (Fsp3) is 0.0833. The number of amides is 1. The second-order valence-electron chi connectivity index (χ2n) is 3.79. The molecule has 4 heteroatoms. The van der Waals surface area contributed by atoms with Gasteiger partial charge in [0.25, 0.3) is 0 Å². The molecule has 0 saturated carbocycles. The number of rotatable bonds is 1. The number of benzene rings is 1. The Morgan fingerprint density at radius 2 is 2.06 bits per heavy atom. The van der Waals surface area contributed by atoms with Gasteiger partial charge in [-0.3, -0.25) is 4.79 Å². The van der Waals surface area contributed by atoms with Crippen LogP contribution in [0.1, 0.15) is 11.1 Å². The Morgan fingerprint density at radius 1 is 1.31 bits per heavy atom. The average molecular weight is 230 g/mol. The number of allylic oxidation sites excluding steroid dienone is 1. The van der Waals surface area contributed by atoms with Crippen LogP contribution in [0.5, 0.6) is 0 Å². The highest BCUT2D eigenvalue weighted by Gasteiger charge is 2.35. The van der Waals surface area contributed by atoms with Gasteiger partial charge < -0.3 is 11.5 Å². The van der Waals surface area contributed by atoms with Crippen LogP contribution < -0.4 is 11.5 Å². The van der Waals surface area contributed by atoms with Crippen LogP contribution in [0.25, 0.3) is 11.6 Å². The molecular weight excluding hydrogens is 220 g/mol. The Balaban J connectivity index is 2.28. The van der Waals surface area contributed by atoms with E-state index in [0.29, 0.717) is 5.57 Å². The first-order valence-electron chi connectivity index (χ1n) is 4.96. The van der Waals surface area contributed by atoms with Crippen molar-refractivity contribution >= 4 is 29.3 Å². The summed E-state index contributed by atoms with van der Waals surface area (Å²) in [7, 11) is 0. The zero-order valence-electron chi connectivity index (χ0n) is 8.44. The Hall–Kier alpha value is -1.52. The molecule has 1 aromatic carbocycles. The van der Waals surface area contributed by atoms with Crippen molar-refractivity contribution in [1.82, 2.24) is 0 Å². The normalized spacial score (nSPS) is 21.8. The molecule has 80 valence electrons. The number of nitrogens with two attached hydrogens (primary N) is 2. The molecule has 1 unspecified atom stereocenters. The van der Waals surface area contributed by atoms with Gasteiger partial charge in [0.2, 0.25) is 5.91 Å². The third-order valence-electron chi connectivity index (χ3n) is 2.84. The van der Waals surface area contributed by atoms with Gasteiger partial charge >= 0.3 is 0 Å². The molecule has 4 N–H and O–H groups in total. The lowest BCUT2D eigenvalue weighted by molar-refractivity contribution is -0.114. The summed E-state index contributed by atoms with van der Waals surface area (Å²) in [6.45, 7) is 0. The number of thioether (sulfide) groups is 1. The molecule has 1 aliphatic carbocycles. The van der Waals surface area contributed by atoms with E-state index in [-0.39, 0.29) is 5.37 Å². The highest BCUT2D eigenvalue weighted by molar-refractivity contribution is 8.05. The summed E-state index contributed by atoms with van der Waals surface area (Å²) in [4.78, 5) is 12.5. The molecule has 1 atom stereocenters. The van der Waals surface area contributed by atoms with Gasteiger partial charge in [0.1, 0.15) is 0 Å². The molecule has 1 heterocycles. The molecule has 1 aromatic rings. The van der Waals surface area contributed by atoms with Crippen molar-refractivity contribution in [2.24, 2.45) is 11.5 Å². The number of hydrogen-bond acceptors (Lipinski definition) is 3. The summed E-state index contributed by atoms with van der Waals surface area (Å²) in [5, 5.41) is -0.327. The third-order valence-corrected chi connectivity index (χ3v) is 3.90. The van der Waals surface area contributed by atoms with E-state index in [1.807, 2.05) is 24.3 Å². The number of carbonyl (C=O) groups is 1. The van der Waals surface area contributed by atoms with Gasteiger partial charge in [0.15, 0.2) is 0 Å². The third kappa shape index (κ3) is 1.17. The van der Waals surface area contributed by atoms with E-state index in [9.17, 15) is 4.79 Å². The minimum absolute atomic E-state index is 0.327. The topological polar surface area (TPSA) is 69.1 Å². The summed E-state index contributed by atoms with van der Waals surface area (Å²) in [5.74, 6) is -0.421.